The molecule has 0 aliphatic heterocycles. The van der Waals surface area contributed by atoms with Crippen LogP contribution in [0.1, 0.15) is 12.6 Å². The van der Waals surface area contributed by atoms with Crippen molar-refractivity contribution in [3.05, 3.63) is 52.3 Å². The molecule has 0 bridgehead atoms. The third-order valence-corrected chi connectivity index (χ3v) is 4.52. The number of hydrogen-bond donors (Lipinski definition) is 0. The van der Waals surface area contributed by atoms with Crippen molar-refractivity contribution in [2.75, 3.05) is 13.3 Å². The fraction of sp³-hybridized carbons (Fsp3) is 0.308. The number of non-ortho nitro benzene ring substituents is 1. The van der Waals surface area contributed by atoms with E-state index in [9.17, 15) is 14.7 Å². The van der Waals surface area contributed by atoms with E-state index in [1.165, 1.54) is 12.1 Å². The number of nitrogens with zero attached hydrogens (tertiary/aromatic N) is 3. The van der Waals surface area contributed by atoms with Crippen molar-refractivity contribution in [1.29, 1.82) is 0 Å². The lowest BCUT2D eigenvalue weighted by Crippen LogP contribution is -1.98. The molecule has 0 radical (unpaired) electrons. The van der Waals surface area contributed by atoms with E-state index < -0.39 is 12.3 Å². The van der Waals surface area contributed by atoms with Crippen LogP contribution < -0.4 is 0 Å². The summed E-state index contributed by atoms with van der Waals surface area (Å²) in [6.45, 7) is 3.78. The van der Waals surface area contributed by atoms with Crippen molar-refractivity contribution in [2.24, 2.45) is 0 Å². The second kappa shape index (κ2) is 6.20. The van der Waals surface area contributed by atoms with Crippen LogP contribution in [0.15, 0.2) is 36.5 Å². The summed E-state index contributed by atoms with van der Waals surface area (Å²) in [5.74, 6) is 0. The number of nitro groups is 1. The van der Waals surface area contributed by atoms with Gasteiger partial charge in [0.05, 0.1) is 29.1 Å². The zero-order valence-corrected chi connectivity index (χ0v) is 12.7. The van der Waals surface area contributed by atoms with E-state index in [0.717, 1.165) is 0 Å². The highest BCUT2D eigenvalue weighted by molar-refractivity contribution is 7.57. The molecular formula is C13H16N3O4P. The Hall–Kier alpha value is -1.98. The average molecular weight is 309 g/mol. The molecule has 1 unspecified atom stereocenters. The van der Waals surface area contributed by atoms with Crippen molar-refractivity contribution in [3.63, 3.8) is 0 Å². The number of aromatic nitrogens is 2. The van der Waals surface area contributed by atoms with Gasteiger partial charge < -0.3 is 4.52 Å². The maximum absolute atomic E-state index is 12.1. The number of hydrogen-bond acceptors (Lipinski definition) is 5. The summed E-state index contributed by atoms with van der Waals surface area (Å²) in [6, 6.07) is 7.83. The molecule has 1 aromatic heterocycles. The summed E-state index contributed by atoms with van der Waals surface area (Å²) < 4.78 is 18.9. The first-order valence-corrected chi connectivity index (χ1v) is 8.67. The van der Waals surface area contributed by atoms with Gasteiger partial charge in [-0.3, -0.25) is 14.7 Å². The largest absolute Gasteiger partial charge is 0.329 e. The molecule has 8 heteroatoms. The maximum Gasteiger partial charge on any atom is 0.269 e. The summed E-state index contributed by atoms with van der Waals surface area (Å²) in [7, 11) is -2.68. The normalized spacial score (nSPS) is 13.8. The van der Waals surface area contributed by atoms with Crippen LogP contribution in [-0.2, 0) is 15.3 Å². The molecular weight excluding hydrogens is 293 g/mol. The Balaban J connectivity index is 2.16. The lowest BCUT2D eigenvalue weighted by Gasteiger charge is -2.10. The van der Waals surface area contributed by atoms with Gasteiger partial charge in [-0.15, -0.1) is 0 Å². The van der Waals surface area contributed by atoms with E-state index in [1.807, 2.05) is 0 Å². The minimum atomic E-state index is -2.68. The Kier molecular flexibility index (Phi) is 4.55. The van der Waals surface area contributed by atoms with Gasteiger partial charge in [0.1, 0.15) is 0 Å². The Morgan fingerprint density at radius 1 is 1.33 bits per heavy atom. The fourth-order valence-corrected chi connectivity index (χ4v) is 3.32. The highest BCUT2D eigenvalue weighted by Gasteiger charge is 2.18. The van der Waals surface area contributed by atoms with Gasteiger partial charge in [0, 0.05) is 25.0 Å². The molecule has 0 spiro atoms. The molecule has 0 saturated heterocycles. The van der Waals surface area contributed by atoms with Crippen LogP contribution >= 0.6 is 7.37 Å². The molecule has 0 aliphatic carbocycles. The van der Waals surface area contributed by atoms with E-state index in [0.29, 0.717) is 18.0 Å². The number of rotatable bonds is 6. The van der Waals surface area contributed by atoms with Crippen molar-refractivity contribution in [2.45, 2.75) is 13.1 Å². The monoisotopic (exact) mass is 309 g/mol. The first-order chi connectivity index (χ1) is 9.91. The van der Waals surface area contributed by atoms with Crippen molar-refractivity contribution >= 4 is 13.1 Å². The fourth-order valence-electron chi connectivity index (χ4n) is 1.93. The summed E-state index contributed by atoms with van der Waals surface area (Å²) in [5, 5.41) is 14.9. The summed E-state index contributed by atoms with van der Waals surface area (Å²) in [6.07, 6.45) is 1.99. The SMILES string of the molecule is CCOP(C)(=O)Cc1ccn(-c2ccc([N+](=O)[O-])cc2)n1. The molecule has 0 N–H and O–H groups in total. The second-order valence-electron chi connectivity index (χ2n) is 4.62. The third-order valence-electron chi connectivity index (χ3n) is 2.82. The van der Waals surface area contributed by atoms with Crippen molar-refractivity contribution < 1.29 is 14.0 Å². The van der Waals surface area contributed by atoms with Gasteiger partial charge in [-0.1, -0.05) is 0 Å². The predicted octanol–water partition coefficient (Wildman–Crippen LogP) is 3.22. The van der Waals surface area contributed by atoms with Crippen molar-refractivity contribution in [1.82, 2.24) is 9.78 Å². The topological polar surface area (TPSA) is 87.3 Å². The predicted molar refractivity (Wildman–Crippen MR) is 79.1 cm³/mol. The molecule has 0 aliphatic rings. The van der Waals surface area contributed by atoms with E-state index in [1.54, 1.807) is 42.7 Å². The van der Waals surface area contributed by atoms with Crippen LogP contribution in [0, 0.1) is 10.1 Å². The summed E-state index contributed by atoms with van der Waals surface area (Å²) in [5.41, 5.74) is 1.39. The Bertz CT molecular complexity index is 681. The maximum atomic E-state index is 12.1. The van der Waals surface area contributed by atoms with Gasteiger partial charge in [-0.2, -0.15) is 5.10 Å². The molecule has 2 aromatic rings. The smallest absolute Gasteiger partial charge is 0.269 e. The third kappa shape index (κ3) is 4.00. The van der Waals surface area contributed by atoms with E-state index in [4.69, 9.17) is 4.52 Å². The average Bonchev–Trinajstić information content (AvgIpc) is 2.86. The summed E-state index contributed by atoms with van der Waals surface area (Å²) >= 11 is 0. The summed E-state index contributed by atoms with van der Waals surface area (Å²) in [4.78, 5) is 10.2. The van der Waals surface area contributed by atoms with E-state index in [2.05, 4.69) is 5.10 Å². The lowest BCUT2D eigenvalue weighted by molar-refractivity contribution is -0.384. The number of benzene rings is 1. The number of nitro benzene ring substituents is 1. The molecule has 1 atom stereocenters. The van der Waals surface area contributed by atoms with Gasteiger partial charge in [-0.05, 0) is 25.1 Å². The van der Waals surface area contributed by atoms with Crippen LogP contribution in [0.5, 0.6) is 0 Å². The molecule has 0 saturated carbocycles. The van der Waals surface area contributed by atoms with E-state index >= 15 is 0 Å². The molecule has 0 amide bonds. The Morgan fingerprint density at radius 3 is 2.57 bits per heavy atom. The molecule has 2 rings (SSSR count). The molecule has 0 fully saturated rings. The lowest BCUT2D eigenvalue weighted by atomic mass is 10.3. The molecule has 112 valence electrons. The van der Waals surface area contributed by atoms with Crippen LogP contribution in [0.3, 0.4) is 0 Å². The minimum absolute atomic E-state index is 0.0283. The molecule has 1 heterocycles. The first kappa shape index (κ1) is 15.4. The van der Waals surface area contributed by atoms with E-state index in [-0.39, 0.29) is 11.8 Å². The van der Waals surface area contributed by atoms with Crippen LogP contribution in [-0.4, -0.2) is 28.0 Å². The zero-order valence-electron chi connectivity index (χ0n) is 11.8. The zero-order chi connectivity index (χ0) is 15.5. The molecule has 7 nitrogen and oxygen atoms in total. The van der Waals surface area contributed by atoms with Crippen LogP contribution in [0.25, 0.3) is 5.69 Å². The van der Waals surface area contributed by atoms with Gasteiger partial charge in [0.25, 0.3) is 5.69 Å². The van der Waals surface area contributed by atoms with Crippen molar-refractivity contribution in [3.8, 4) is 5.69 Å². The quantitative estimate of drug-likeness (QED) is 0.464. The second-order valence-corrected chi connectivity index (χ2v) is 7.22. The highest BCUT2D eigenvalue weighted by Crippen LogP contribution is 2.45. The van der Waals surface area contributed by atoms with Crippen LogP contribution in [0.2, 0.25) is 0 Å². The van der Waals surface area contributed by atoms with Gasteiger partial charge >= 0.3 is 0 Å². The molecule has 21 heavy (non-hydrogen) atoms. The first-order valence-electron chi connectivity index (χ1n) is 6.42. The Labute approximate surface area is 122 Å². The van der Waals surface area contributed by atoms with Gasteiger partial charge in [0.15, 0.2) is 0 Å². The molecule has 1 aromatic carbocycles. The minimum Gasteiger partial charge on any atom is -0.329 e. The van der Waals surface area contributed by atoms with Crippen LogP contribution in [0.4, 0.5) is 5.69 Å². The Morgan fingerprint density at radius 2 is 2.00 bits per heavy atom. The van der Waals surface area contributed by atoms with Gasteiger partial charge in [-0.25, -0.2) is 4.68 Å². The highest BCUT2D eigenvalue weighted by atomic mass is 31.2. The van der Waals surface area contributed by atoms with Gasteiger partial charge in [0.2, 0.25) is 7.37 Å². The standard InChI is InChI=1S/C13H16N3O4P/c1-3-20-21(2,19)10-11-8-9-15(14-11)12-4-6-13(7-5-12)16(17)18/h4-9H,3,10H2,1-2H3.